The van der Waals surface area contributed by atoms with E-state index < -0.39 is 5.91 Å². The van der Waals surface area contributed by atoms with Crippen molar-refractivity contribution in [3.8, 4) is 5.75 Å². The highest BCUT2D eigenvalue weighted by Gasteiger charge is 2.28. The predicted octanol–water partition coefficient (Wildman–Crippen LogP) is 6.29. The van der Waals surface area contributed by atoms with Gasteiger partial charge in [0.1, 0.15) is 5.75 Å². The van der Waals surface area contributed by atoms with Crippen LogP contribution in [-0.4, -0.2) is 43.6 Å². The summed E-state index contributed by atoms with van der Waals surface area (Å²) in [5.74, 6) is 0.152. The summed E-state index contributed by atoms with van der Waals surface area (Å²) in [6.45, 7) is 13.1. The molecule has 0 bridgehead atoms. The molecule has 1 aliphatic carbocycles. The van der Waals surface area contributed by atoms with Crippen molar-refractivity contribution >= 4 is 28.8 Å². The first kappa shape index (κ1) is 27.8. The summed E-state index contributed by atoms with van der Waals surface area (Å²) >= 11 is 0. The number of hydrogen-bond donors (Lipinski definition) is 1. The third-order valence-electron chi connectivity index (χ3n) is 6.96. The molecule has 0 fully saturated rings. The molecule has 0 radical (unpaired) electrons. The number of hydrogen-bond acceptors (Lipinski definition) is 5. The first-order valence-electron chi connectivity index (χ1n) is 13.6. The standard InChI is InChI=1S/C33H37N3O3/c1-6-36(7-2)25-14-15-29(23(4)20-25)35-30-21-28(32(37)27-12-9-8-11-26(27)30)33(38)34-17-10-18-39-31-16-13-22(3)19-24(31)5/h8-9,11-16,19-21H,6-7,10,17-18H2,1-5H3,(H,34,38)/b35-30+. The van der Waals surface area contributed by atoms with Crippen molar-refractivity contribution < 1.29 is 14.3 Å². The molecule has 0 aliphatic heterocycles. The average Bonchev–Trinajstić information content (AvgIpc) is 2.93. The van der Waals surface area contributed by atoms with Crippen LogP contribution < -0.4 is 15.0 Å². The van der Waals surface area contributed by atoms with Crippen LogP contribution in [0.4, 0.5) is 11.4 Å². The first-order chi connectivity index (χ1) is 18.8. The van der Waals surface area contributed by atoms with E-state index in [9.17, 15) is 9.59 Å². The Hall–Kier alpha value is -4.19. The molecule has 0 spiro atoms. The van der Waals surface area contributed by atoms with Crippen LogP contribution in [-0.2, 0) is 4.79 Å². The second-order valence-corrected chi connectivity index (χ2v) is 9.80. The van der Waals surface area contributed by atoms with E-state index in [1.807, 2.05) is 57.2 Å². The summed E-state index contributed by atoms with van der Waals surface area (Å²) in [4.78, 5) is 33.5. The van der Waals surface area contributed by atoms with Crippen molar-refractivity contribution in [2.45, 2.75) is 41.0 Å². The van der Waals surface area contributed by atoms with Crippen LogP contribution in [0.15, 0.2) is 77.3 Å². The van der Waals surface area contributed by atoms with Gasteiger partial charge in [-0.1, -0.05) is 42.0 Å². The van der Waals surface area contributed by atoms with Crippen molar-refractivity contribution in [2.24, 2.45) is 4.99 Å². The van der Waals surface area contributed by atoms with Crippen LogP contribution in [0.1, 0.15) is 52.9 Å². The number of allylic oxidation sites excluding steroid dienone is 1. The van der Waals surface area contributed by atoms with Gasteiger partial charge in [0.15, 0.2) is 5.78 Å². The van der Waals surface area contributed by atoms with E-state index in [0.717, 1.165) is 46.9 Å². The van der Waals surface area contributed by atoms with Gasteiger partial charge in [0.25, 0.3) is 5.91 Å². The maximum absolute atomic E-state index is 13.2. The molecular weight excluding hydrogens is 486 g/mol. The summed E-state index contributed by atoms with van der Waals surface area (Å²) < 4.78 is 5.86. The number of fused-ring (bicyclic) bond motifs is 1. The molecule has 202 valence electrons. The minimum Gasteiger partial charge on any atom is -0.493 e. The quantitative estimate of drug-likeness (QED) is 0.251. The number of carbonyl (C=O) groups excluding carboxylic acids is 2. The van der Waals surface area contributed by atoms with Crippen LogP contribution >= 0.6 is 0 Å². The fourth-order valence-corrected chi connectivity index (χ4v) is 4.78. The van der Waals surface area contributed by atoms with Gasteiger partial charge in [0, 0.05) is 36.4 Å². The zero-order valence-electron chi connectivity index (χ0n) is 23.5. The Morgan fingerprint density at radius 3 is 2.36 bits per heavy atom. The molecule has 0 aromatic heterocycles. The Labute approximate surface area is 231 Å². The summed E-state index contributed by atoms with van der Waals surface area (Å²) in [7, 11) is 0. The van der Waals surface area contributed by atoms with E-state index in [0.29, 0.717) is 30.8 Å². The van der Waals surface area contributed by atoms with Crippen LogP contribution in [0.3, 0.4) is 0 Å². The zero-order valence-corrected chi connectivity index (χ0v) is 23.5. The highest BCUT2D eigenvalue weighted by molar-refractivity contribution is 6.35. The minimum atomic E-state index is -0.401. The monoisotopic (exact) mass is 523 g/mol. The lowest BCUT2D eigenvalue weighted by Crippen LogP contribution is -2.32. The normalized spacial score (nSPS) is 13.6. The van der Waals surface area contributed by atoms with Crippen LogP contribution in [0, 0.1) is 20.8 Å². The molecule has 39 heavy (non-hydrogen) atoms. The third kappa shape index (κ3) is 6.45. The second kappa shape index (κ2) is 12.6. The molecule has 6 nitrogen and oxygen atoms in total. The maximum atomic E-state index is 13.2. The van der Waals surface area contributed by atoms with E-state index in [2.05, 4.69) is 42.3 Å². The average molecular weight is 524 g/mol. The number of ketones is 1. The van der Waals surface area contributed by atoms with E-state index >= 15 is 0 Å². The van der Waals surface area contributed by atoms with Gasteiger partial charge < -0.3 is 15.0 Å². The van der Waals surface area contributed by atoms with E-state index in [1.165, 1.54) is 5.56 Å². The summed E-state index contributed by atoms with van der Waals surface area (Å²) in [5, 5.41) is 2.88. The summed E-state index contributed by atoms with van der Waals surface area (Å²) in [6, 6.07) is 19.6. The smallest absolute Gasteiger partial charge is 0.255 e. The zero-order chi connectivity index (χ0) is 27.9. The van der Waals surface area contributed by atoms with Gasteiger partial charge >= 0.3 is 0 Å². The number of benzene rings is 3. The number of Topliss-reactive ketones (excluding diaryl/α,β-unsaturated/α-hetero) is 1. The number of rotatable bonds is 10. The molecule has 1 amide bonds. The van der Waals surface area contributed by atoms with Crippen molar-refractivity contribution in [3.05, 3.63) is 100 Å². The Bertz CT molecular complexity index is 1430. The molecule has 3 aromatic rings. The number of ether oxygens (including phenoxy) is 1. The summed E-state index contributed by atoms with van der Waals surface area (Å²) in [6.07, 6.45) is 2.24. The minimum absolute atomic E-state index is 0.0974. The van der Waals surface area contributed by atoms with Crippen LogP contribution in [0.25, 0.3) is 0 Å². The first-order valence-corrected chi connectivity index (χ1v) is 13.6. The molecular formula is C33H37N3O3. The lowest BCUT2D eigenvalue weighted by atomic mass is 9.88. The van der Waals surface area contributed by atoms with Crippen molar-refractivity contribution in [1.29, 1.82) is 0 Å². The number of nitrogens with one attached hydrogen (secondary N) is 1. The Morgan fingerprint density at radius 1 is 0.923 bits per heavy atom. The molecule has 1 N–H and O–H groups in total. The largest absolute Gasteiger partial charge is 0.493 e. The van der Waals surface area contributed by atoms with Crippen molar-refractivity contribution in [3.63, 3.8) is 0 Å². The second-order valence-electron chi connectivity index (χ2n) is 9.80. The van der Waals surface area contributed by atoms with Gasteiger partial charge in [0.2, 0.25) is 0 Å². The van der Waals surface area contributed by atoms with Gasteiger partial charge in [-0.05, 0) is 82.5 Å². The molecule has 1 aliphatic rings. The number of aliphatic imine (C=N–C) groups is 1. The molecule has 0 saturated carbocycles. The molecule has 3 aromatic carbocycles. The number of aryl methyl sites for hydroxylation is 3. The highest BCUT2D eigenvalue weighted by atomic mass is 16.5. The van der Waals surface area contributed by atoms with Gasteiger partial charge in [-0.15, -0.1) is 0 Å². The maximum Gasteiger partial charge on any atom is 0.255 e. The third-order valence-corrected chi connectivity index (χ3v) is 6.96. The number of amides is 1. The van der Waals surface area contributed by atoms with E-state index in [1.54, 1.807) is 12.1 Å². The molecule has 4 rings (SSSR count). The van der Waals surface area contributed by atoms with Crippen LogP contribution in [0.5, 0.6) is 5.75 Å². The van der Waals surface area contributed by atoms with Gasteiger partial charge in [-0.3, -0.25) is 9.59 Å². The van der Waals surface area contributed by atoms with Gasteiger partial charge in [0.05, 0.1) is 23.6 Å². The fourth-order valence-electron chi connectivity index (χ4n) is 4.78. The number of anilines is 1. The topological polar surface area (TPSA) is 71.0 Å². The molecule has 0 atom stereocenters. The number of nitrogens with zero attached hydrogens (tertiary/aromatic N) is 2. The van der Waals surface area contributed by atoms with Crippen LogP contribution in [0.2, 0.25) is 0 Å². The molecule has 0 unspecified atom stereocenters. The molecule has 6 heteroatoms. The van der Waals surface area contributed by atoms with Crippen molar-refractivity contribution in [1.82, 2.24) is 5.32 Å². The number of carbonyl (C=O) groups is 2. The summed E-state index contributed by atoms with van der Waals surface area (Å²) in [5.41, 5.74) is 7.18. The Kier molecular flexibility index (Phi) is 8.97. The Balaban J connectivity index is 1.50. The molecule has 0 heterocycles. The van der Waals surface area contributed by atoms with E-state index in [4.69, 9.17) is 9.73 Å². The predicted molar refractivity (Wildman–Crippen MR) is 159 cm³/mol. The van der Waals surface area contributed by atoms with Gasteiger partial charge in [-0.25, -0.2) is 4.99 Å². The van der Waals surface area contributed by atoms with Gasteiger partial charge in [-0.2, -0.15) is 0 Å². The lowest BCUT2D eigenvalue weighted by Gasteiger charge is -2.22. The highest BCUT2D eigenvalue weighted by Crippen LogP contribution is 2.29. The lowest BCUT2D eigenvalue weighted by molar-refractivity contribution is -0.117. The fraction of sp³-hybridized carbons (Fsp3) is 0.303. The van der Waals surface area contributed by atoms with Crippen molar-refractivity contribution in [2.75, 3.05) is 31.1 Å². The SMILES string of the molecule is CCN(CC)c1ccc(/N=C2\C=C(C(=O)NCCCOc3ccc(C)cc3C)C(=O)c3ccccc32)c(C)c1. The van der Waals surface area contributed by atoms with E-state index in [-0.39, 0.29) is 11.4 Å². The molecule has 0 saturated heterocycles. The Morgan fingerprint density at radius 2 is 1.67 bits per heavy atom.